The molecule has 2 aliphatic rings. The molecule has 0 aliphatic carbocycles. The Morgan fingerprint density at radius 2 is 1.69 bits per heavy atom. The Balaban J connectivity index is 1.25. The molecule has 0 radical (unpaired) electrons. The van der Waals surface area contributed by atoms with Crippen molar-refractivity contribution in [3.05, 3.63) is 103 Å². The van der Waals surface area contributed by atoms with Crippen molar-refractivity contribution in [1.29, 1.82) is 0 Å². The zero-order chi connectivity index (χ0) is 24.1. The maximum atomic E-state index is 14.1. The molecule has 2 bridgehead atoms. The van der Waals surface area contributed by atoms with Gasteiger partial charge in [0.1, 0.15) is 17.3 Å². The van der Waals surface area contributed by atoms with Crippen molar-refractivity contribution < 1.29 is 4.39 Å². The normalized spacial score (nSPS) is 19.4. The SMILES string of the molecule is Fc1cccc(-c2nc3ccc(N4CC5CC4CN5Cc4ccccc4)nn3c2-c2ccncc2)c1. The van der Waals surface area contributed by atoms with Crippen LogP contribution in [-0.4, -0.2) is 49.7 Å². The van der Waals surface area contributed by atoms with Gasteiger partial charge in [0.2, 0.25) is 0 Å². The third-order valence-electron chi connectivity index (χ3n) is 7.39. The van der Waals surface area contributed by atoms with E-state index in [4.69, 9.17) is 10.1 Å². The van der Waals surface area contributed by atoms with Gasteiger partial charge in [0.15, 0.2) is 5.65 Å². The first kappa shape index (κ1) is 21.2. The van der Waals surface area contributed by atoms with Crippen LogP contribution >= 0.6 is 0 Å². The monoisotopic (exact) mass is 476 g/mol. The number of anilines is 1. The number of imidazole rings is 1. The van der Waals surface area contributed by atoms with E-state index in [9.17, 15) is 4.39 Å². The van der Waals surface area contributed by atoms with Crippen LogP contribution in [0.15, 0.2) is 91.3 Å². The lowest BCUT2D eigenvalue weighted by molar-refractivity contribution is 0.230. The second-order valence-corrected chi connectivity index (χ2v) is 9.63. The number of benzene rings is 2. The molecule has 2 fully saturated rings. The van der Waals surface area contributed by atoms with Gasteiger partial charge in [-0.2, -0.15) is 0 Å². The highest BCUT2D eigenvalue weighted by Gasteiger charge is 2.43. The predicted octanol–water partition coefficient (Wildman–Crippen LogP) is 5.06. The molecule has 0 N–H and O–H groups in total. The van der Waals surface area contributed by atoms with E-state index >= 15 is 0 Å². The molecule has 0 saturated carbocycles. The molecule has 2 aromatic carbocycles. The number of fused-ring (bicyclic) bond motifs is 3. The number of piperazine rings is 1. The van der Waals surface area contributed by atoms with Crippen LogP contribution in [0.25, 0.3) is 28.2 Å². The maximum Gasteiger partial charge on any atom is 0.155 e. The fourth-order valence-electron chi connectivity index (χ4n) is 5.72. The summed E-state index contributed by atoms with van der Waals surface area (Å²) in [4.78, 5) is 14.1. The lowest BCUT2D eigenvalue weighted by Gasteiger charge is -2.34. The number of rotatable bonds is 5. The van der Waals surface area contributed by atoms with Gasteiger partial charge < -0.3 is 4.90 Å². The van der Waals surface area contributed by atoms with E-state index in [1.165, 1.54) is 17.7 Å². The van der Waals surface area contributed by atoms with E-state index in [1.807, 2.05) is 28.8 Å². The number of nitrogens with zero attached hydrogens (tertiary/aromatic N) is 6. The molecule has 36 heavy (non-hydrogen) atoms. The molecule has 5 heterocycles. The van der Waals surface area contributed by atoms with Crippen molar-refractivity contribution in [3.63, 3.8) is 0 Å². The van der Waals surface area contributed by atoms with Gasteiger partial charge in [0.25, 0.3) is 0 Å². The van der Waals surface area contributed by atoms with Crippen molar-refractivity contribution in [3.8, 4) is 22.5 Å². The number of halogens is 1. The van der Waals surface area contributed by atoms with Gasteiger partial charge in [0.05, 0.1) is 5.69 Å². The first-order chi connectivity index (χ1) is 17.7. The molecule has 2 saturated heterocycles. The summed E-state index contributed by atoms with van der Waals surface area (Å²) < 4.78 is 16.0. The van der Waals surface area contributed by atoms with E-state index in [-0.39, 0.29) is 5.82 Å². The lowest BCUT2D eigenvalue weighted by atomic mass is 10.1. The summed E-state index contributed by atoms with van der Waals surface area (Å²) in [6.07, 6.45) is 4.67. The van der Waals surface area contributed by atoms with E-state index < -0.39 is 0 Å². The second-order valence-electron chi connectivity index (χ2n) is 9.63. The summed E-state index contributed by atoms with van der Waals surface area (Å²) in [6, 6.07) is 26.2. The van der Waals surface area contributed by atoms with Gasteiger partial charge in [-0.15, -0.1) is 5.10 Å². The highest BCUT2D eigenvalue weighted by atomic mass is 19.1. The highest BCUT2D eigenvalue weighted by molar-refractivity contribution is 5.81. The van der Waals surface area contributed by atoms with Crippen LogP contribution in [0.5, 0.6) is 0 Å². The third-order valence-corrected chi connectivity index (χ3v) is 7.39. The van der Waals surface area contributed by atoms with Crippen LogP contribution in [-0.2, 0) is 6.54 Å². The lowest BCUT2D eigenvalue weighted by Crippen LogP contribution is -2.46. The molecule has 178 valence electrons. The molecule has 6 nitrogen and oxygen atoms in total. The molecule has 2 atom stereocenters. The number of hydrogen-bond acceptors (Lipinski definition) is 5. The molecule has 2 aliphatic heterocycles. The Bertz CT molecular complexity index is 1530. The number of aromatic nitrogens is 4. The molecule has 2 unspecified atom stereocenters. The summed E-state index contributed by atoms with van der Waals surface area (Å²) in [5.74, 6) is 0.667. The predicted molar refractivity (Wildman–Crippen MR) is 138 cm³/mol. The van der Waals surface area contributed by atoms with Crippen LogP contribution in [0, 0.1) is 5.82 Å². The van der Waals surface area contributed by atoms with E-state index in [0.717, 1.165) is 54.3 Å². The molecule has 0 amide bonds. The zero-order valence-electron chi connectivity index (χ0n) is 19.7. The van der Waals surface area contributed by atoms with Crippen molar-refractivity contribution in [2.24, 2.45) is 0 Å². The Hall–Kier alpha value is -4.10. The summed E-state index contributed by atoms with van der Waals surface area (Å²) in [6.45, 7) is 2.99. The highest BCUT2D eigenvalue weighted by Crippen LogP contribution is 2.36. The fraction of sp³-hybridized carbons (Fsp3) is 0.207. The molecule has 7 rings (SSSR count). The average Bonchev–Trinajstić information content (AvgIpc) is 3.62. The van der Waals surface area contributed by atoms with Crippen LogP contribution in [0.4, 0.5) is 10.2 Å². The molecule has 5 aromatic rings. The minimum atomic E-state index is -0.285. The Morgan fingerprint density at radius 1 is 0.833 bits per heavy atom. The third kappa shape index (κ3) is 3.63. The zero-order valence-corrected chi connectivity index (χ0v) is 19.7. The van der Waals surface area contributed by atoms with Crippen molar-refractivity contribution in [2.75, 3.05) is 18.0 Å². The Labute approximate surface area is 208 Å². The van der Waals surface area contributed by atoms with Crippen molar-refractivity contribution in [2.45, 2.75) is 25.0 Å². The van der Waals surface area contributed by atoms with Crippen LogP contribution < -0.4 is 4.90 Å². The summed E-state index contributed by atoms with van der Waals surface area (Å²) >= 11 is 0. The maximum absolute atomic E-state index is 14.1. The first-order valence-electron chi connectivity index (χ1n) is 12.3. The summed E-state index contributed by atoms with van der Waals surface area (Å²) in [5.41, 5.74) is 5.32. The topological polar surface area (TPSA) is 49.6 Å². The molecular formula is C29H25FN6. The number of pyridine rings is 1. The van der Waals surface area contributed by atoms with Gasteiger partial charge >= 0.3 is 0 Å². The fourth-order valence-corrected chi connectivity index (χ4v) is 5.72. The van der Waals surface area contributed by atoms with Gasteiger partial charge in [0, 0.05) is 55.2 Å². The average molecular weight is 477 g/mol. The van der Waals surface area contributed by atoms with Crippen LogP contribution in [0.1, 0.15) is 12.0 Å². The van der Waals surface area contributed by atoms with Crippen LogP contribution in [0.2, 0.25) is 0 Å². The second kappa shape index (κ2) is 8.53. The number of likely N-dealkylation sites (tertiary alicyclic amines) is 1. The molecule has 7 heteroatoms. The van der Waals surface area contributed by atoms with E-state index in [2.05, 4.69) is 51.2 Å². The van der Waals surface area contributed by atoms with E-state index in [1.54, 1.807) is 18.5 Å². The molecule has 3 aromatic heterocycles. The smallest absolute Gasteiger partial charge is 0.155 e. The van der Waals surface area contributed by atoms with Gasteiger partial charge in [-0.05, 0) is 48.4 Å². The van der Waals surface area contributed by atoms with Gasteiger partial charge in [-0.3, -0.25) is 9.88 Å². The van der Waals surface area contributed by atoms with Gasteiger partial charge in [-0.1, -0.05) is 42.5 Å². The Kier molecular flexibility index (Phi) is 5.03. The number of hydrogen-bond donors (Lipinski definition) is 0. The Morgan fingerprint density at radius 3 is 2.47 bits per heavy atom. The largest absolute Gasteiger partial charge is 0.349 e. The van der Waals surface area contributed by atoms with Crippen molar-refractivity contribution in [1.82, 2.24) is 24.5 Å². The first-order valence-corrected chi connectivity index (χ1v) is 12.3. The summed E-state index contributed by atoms with van der Waals surface area (Å²) in [5, 5.41) is 5.08. The van der Waals surface area contributed by atoms with Gasteiger partial charge in [-0.25, -0.2) is 13.9 Å². The standard InChI is InChI=1S/C29H25FN6/c30-23-8-4-7-22(15-23)28-29(21-11-13-31-14-12-21)36-26(32-28)9-10-27(33-36)35-19-24-16-25(35)18-34(24)17-20-5-2-1-3-6-20/h1-15,24-25H,16-19H2. The molecule has 0 spiro atoms. The van der Waals surface area contributed by atoms with E-state index in [0.29, 0.717) is 17.8 Å². The van der Waals surface area contributed by atoms with Crippen LogP contribution in [0.3, 0.4) is 0 Å². The summed E-state index contributed by atoms with van der Waals surface area (Å²) in [7, 11) is 0. The minimum Gasteiger partial charge on any atom is -0.349 e. The molecular weight excluding hydrogens is 451 g/mol. The van der Waals surface area contributed by atoms with Crippen molar-refractivity contribution >= 4 is 11.5 Å². The minimum absolute atomic E-state index is 0.285. The quantitative estimate of drug-likeness (QED) is 0.355.